The van der Waals surface area contributed by atoms with Gasteiger partial charge in [-0.25, -0.2) is 57.5 Å². The van der Waals surface area contributed by atoms with Gasteiger partial charge in [-0.2, -0.15) is 0 Å². The second-order valence-corrected chi connectivity index (χ2v) is 36.6. The molecule has 0 saturated carbocycles. The fraction of sp³-hybridized carbons (Fsp3) is 0.350. The fourth-order valence-corrected chi connectivity index (χ4v) is 15.7. The highest BCUT2D eigenvalue weighted by atomic mass is 16.6. The summed E-state index contributed by atoms with van der Waals surface area (Å²) in [5.41, 5.74) is 0.118. The largest absolute Gasteiger partial charge is 0.494 e. The normalized spacial score (nSPS) is 12.1. The molecule has 0 aromatic heterocycles. The Bertz CT molecular complexity index is 5270. The van der Waals surface area contributed by atoms with E-state index in [-0.39, 0.29) is 175 Å². The van der Waals surface area contributed by atoms with E-state index in [4.69, 9.17) is 85.3 Å². The van der Waals surface area contributed by atoms with E-state index in [1.807, 2.05) is 0 Å². The predicted molar refractivity (Wildman–Crippen MR) is 565 cm³/mol. The SMILES string of the molecule is C=CC(=O)OCCCC(C)CCOc1ccc(C(=O)Oc2cc3c4cc(OC(=O)c5ccc(OCCC(C)CCCOC(=O)C=C)cc5)c(OC(=O)c5ccc(OCCC(C)CCCOC(=O)C=C)cc5)cc4c4cc(OC(=O)c5ccc(OCCC(C)CCCOC(=O)C=C)cc5)c(OC(=O)c5ccc(OCCC(C)CCCOC(=O)C=C)cc5)cc4c3cc2OC(=O)c2ccc(OCCC(C)CCCOC(=O)C=C)cc2)cc1. The Labute approximate surface area is 874 Å². The van der Waals surface area contributed by atoms with Crippen molar-refractivity contribution < 1.29 is 143 Å². The molecule has 0 aliphatic heterocycles. The molecule has 0 heterocycles. The molecule has 10 rings (SSSR count). The summed E-state index contributed by atoms with van der Waals surface area (Å²) in [7, 11) is 0. The molecule has 30 heteroatoms. The quantitative estimate of drug-likeness (QED) is 0.00853. The summed E-state index contributed by atoms with van der Waals surface area (Å²) in [6, 6.07) is 45.5. The summed E-state index contributed by atoms with van der Waals surface area (Å²) in [6.07, 6.45) is 18.8. The molecule has 6 unspecified atom stereocenters. The summed E-state index contributed by atoms with van der Waals surface area (Å²) in [4.78, 5) is 161. The van der Waals surface area contributed by atoms with Gasteiger partial charge in [-0.05, 0) is 365 Å². The van der Waals surface area contributed by atoms with E-state index in [2.05, 4.69) is 81.0 Å². The molecule has 30 nitrogen and oxygen atoms in total. The highest BCUT2D eigenvalue weighted by molar-refractivity contribution is 6.27. The number of esters is 12. The van der Waals surface area contributed by atoms with Gasteiger partial charge in [0.05, 0.1) is 113 Å². The second-order valence-electron chi connectivity index (χ2n) is 36.6. The molecule has 6 atom stereocenters. The van der Waals surface area contributed by atoms with Crippen LogP contribution in [0.4, 0.5) is 0 Å². The van der Waals surface area contributed by atoms with E-state index in [1.165, 1.54) is 109 Å². The van der Waals surface area contributed by atoms with Gasteiger partial charge in [0.2, 0.25) is 0 Å². The van der Waals surface area contributed by atoms with Crippen LogP contribution in [-0.2, 0) is 57.2 Å². The first-order chi connectivity index (χ1) is 72.5. The molecule has 10 aromatic carbocycles. The molecule has 0 radical (unpaired) electrons. The van der Waals surface area contributed by atoms with Crippen molar-refractivity contribution in [2.75, 3.05) is 79.3 Å². The zero-order valence-electron chi connectivity index (χ0n) is 86.0. The zero-order chi connectivity index (χ0) is 108. The van der Waals surface area contributed by atoms with Gasteiger partial charge in [-0.15, -0.1) is 0 Å². The lowest BCUT2D eigenvalue weighted by molar-refractivity contribution is -0.138. The van der Waals surface area contributed by atoms with Crippen LogP contribution >= 0.6 is 0 Å². The van der Waals surface area contributed by atoms with Crippen LogP contribution in [-0.4, -0.2) is 151 Å². The number of hydrogen-bond donors (Lipinski definition) is 0. The highest BCUT2D eigenvalue weighted by Gasteiger charge is 2.29. The lowest BCUT2D eigenvalue weighted by atomic mass is 9.93. The molecule has 0 saturated heterocycles. The Kier molecular flexibility index (Phi) is 47.4. The van der Waals surface area contributed by atoms with Gasteiger partial charge in [-0.3, -0.25) is 0 Å². The topological polar surface area (TPSA) is 371 Å². The second kappa shape index (κ2) is 61.5. The van der Waals surface area contributed by atoms with E-state index < -0.39 is 71.6 Å². The first kappa shape index (κ1) is 116. The summed E-state index contributed by atoms with van der Waals surface area (Å²) >= 11 is 0. The van der Waals surface area contributed by atoms with Crippen LogP contribution in [0.5, 0.6) is 69.0 Å². The average molecular weight is 2050 g/mol. The lowest BCUT2D eigenvalue weighted by Crippen LogP contribution is -2.14. The fourth-order valence-electron chi connectivity index (χ4n) is 15.7. The molecule has 0 N–H and O–H groups in total. The van der Waals surface area contributed by atoms with Gasteiger partial charge in [0, 0.05) is 36.5 Å². The van der Waals surface area contributed by atoms with Crippen molar-refractivity contribution in [1.82, 2.24) is 0 Å². The predicted octanol–water partition coefficient (Wildman–Crippen LogP) is 23.9. The van der Waals surface area contributed by atoms with Crippen molar-refractivity contribution >= 4 is 104 Å². The number of fused-ring (bicyclic) bond motifs is 6. The molecule has 10 aromatic rings. The Morgan fingerprint density at radius 1 is 0.193 bits per heavy atom. The molecule has 0 spiro atoms. The number of carbonyl (C=O) groups is 12. The average Bonchev–Trinajstić information content (AvgIpc) is 0.719. The van der Waals surface area contributed by atoms with Crippen molar-refractivity contribution in [3.63, 3.8) is 0 Å². The van der Waals surface area contributed by atoms with Crippen LogP contribution in [0.3, 0.4) is 0 Å². The van der Waals surface area contributed by atoms with E-state index in [9.17, 15) is 28.8 Å². The first-order valence-corrected chi connectivity index (χ1v) is 50.5. The molecule has 0 fully saturated rings. The van der Waals surface area contributed by atoms with Crippen LogP contribution in [0.1, 0.15) is 219 Å². The van der Waals surface area contributed by atoms with Crippen molar-refractivity contribution in [2.45, 2.75) is 157 Å². The third kappa shape index (κ3) is 38.6. The first-order valence-electron chi connectivity index (χ1n) is 50.5. The molecular formula is C120H132O30. The van der Waals surface area contributed by atoms with E-state index in [0.717, 1.165) is 75.0 Å². The minimum Gasteiger partial charge on any atom is -0.494 e. The smallest absolute Gasteiger partial charge is 0.343 e. The molecule has 0 aliphatic rings. The lowest BCUT2D eigenvalue weighted by Gasteiger charge is -2.19. The van der Waals surface area contributed by atoms with Gasteiger partial charge < -0.3 is 85.3 Å². The standard InChI is InChI=1S/C120H132O30/c1-13-109(121)139-61-19-25-79(7)55-67-133-91-43-31-85(32-44-91)115(127)145-103-73-97-98(74-104(103)146-116(128)86-33-45-92(46-34-86)134-68-56-80(8)26-20-62-140-110(122)14-2)100-76-106(148-118(130)88-37-49-94(50-38-88)136-70-58-82(10)28-22-64-142-112(124)16-4)108(150-120(132)90-41-53-96(54-42-90)138-72-60-84(12)30-24-66-144-114(126)18-6)78-102(100)101-77-107(149-119(131)89-39-51-95(52-40-89)137-71-59-83(11)29-23-65-143-113(125)17-5)105(75-99(97)101)147-117(129)87-35-47-93(48-36-87)135-69-57-81(9)27-21-63-141-111(123)15-3/h13-18,31-54,73-84H,1-6,19-30,55-72H2,7-12H3. The molecule has 150 heavy (non-hydrogen) atoms. The van der Waals surface area contributed by atoms with Crippen LogP contribution in [0.2, 0.25) is 0 Å². The van der Waals surface area contributed by atoms with Gasteiger partial charge in [0.15, 0.2) is 34.5 Å². The van der Waals surface area contributed by atoms with E-state index in [1.54, 1.807) is 72.8 Å². The minimum absolute atomic E-state index is 0.0196. The maximum Gasteiger partial charge on any atom is 0.343 e. The zero-order valence-corrected chi connectivity index (χ0v) is 86.0. The van der Waals surface area contributed by atoms with Crippen molar-refractivity contribution in [1.29, 1.82) is 0 Å². The van der Waals surface area contributed by atoms with Gasteiger partial charge in [-0.1, -0.05) is 81.0 Å². The number of rotatable bonds is 66. The van der Waals surface area contributed by atoms with Crippen LogP contribution in [0.15, 0.2) is 258 Å². The molecule has 0 aliphatic carbocycles. The van der Waals surface area contributed by atoms with Crippen LogP contribution in [0, 0.1) is 35.5 Å². The maximum atomic E-state index is 15.1. The number of carbonyl (C=O) groups excluding carboxylic acids is 12. The summed E-state index contributed by atoms with van der Waals surface area (Å²) in [5, 5.41) is 0.963. The van der Waals surface area contributed by atoms with E-state index >= 15 is 28.8 Å². The molecule has 0 bridgehead atoms. The van der Waals surface area contributed by atoms with Gasteiger partial charge in [0.1, 0.15) is 34.5 Å². The van der Waals surface area contributed by atoms with Gasteiger partial charge in [0.25, 0.3) is 0 Å². The Morgan fingerprint density at radius 3 is 0.440 bits per heavy atom. The molecule has 0 amide bonds. The van der Waals surface area contributed by atoms with Crippen molar-refractivity contribution in [2.24, 2.45) is 35.5 Å². The third-order valence-corrected chi connectivity index (χ3v) is 24.7. The minimum atomic E-state index is -0.943. The summed E-state index contributed by atoms with van der Waals surface area (Å²) < 4.78 is 107. The maximum absolute atomic E-state index is 15.1. The van der Waals surface area contributed by atoms with Crippen LogP contribution in [0.25, 0.3) is 32.3 Å². The summed E-state index contributed by atoms with van der Waals surface area (Å²) in [6.45, 7) is 36.3. The van der Waals surface area contributed by atoms with Crippen molar-refractivity contribution in [3.8, 4) is 69.0 Å². The monoisotopic (exact) mass is 2050 g/mol. The summed E-state index contributed by atoms with van der Waals surface area (Å²) in [5.74, 6) is -7.05. The third-order valence-electron chi connectivity index (χ3n) is 24.7. The Balaban J connectivity index is 1.12. The molecule has 792 valence electrons. The Hall–Kier alpha value is -16.1. The number of ether oxygens (including phenoxy) is 18. The Morgan fingerprint density at radius 2 is 0.320 bits per heavy atom. The van der Waals surface area contributed by atoms with Crippen LogP contribution < -0.4 is 56.8 Å². The van der Waals surface area contributed by atoms with E-state index in [0.29, 0.717) is 151 Å². The van der Waals surface area contributed by atoms with Gasteiger partial charge >= 0.3 is 71.6 Å². The molecular weight excluding hydrogens is 1920 g/mol. The number of hydrogen-bond acceptors (Lipinski definition) is 30. The number of benzene rings is 10. The highest BCUT2D eigenvalue weighted by Crippen LogP contribution is 2.49. The van der Waals surface area contributed by atoms with Crippen molar-refractivity contribution in [3.05, 3.63) is 291 Å².